The van der Waals surface area contributed by atoms with Crippen LogP contribution in [0.2, 0.25) is 0 Å². The van der Waals surface area contributed by atoms with Crippen molar-refractivity contribution in [1.29, 1.82) is 1.43 Å². The average Bonchev–Trinajstić information content (AvgIpc) is 2.82. The summed E-state index contributed by atoms with van der Waals surface area (Å²) >= 11 is 0. The molecule has 0 spiro atoms. The van der Waals surface area contributed by atoms with Crippen LogP contribution in [0, 0.1) is 22.7 Å². The standard InChI is InChI=1S/C14H26O2.H2/c1-9-7-14(13(4,5)15)8-10(9)12(2,3)11(14)16-6;/h9-11,15H,7-8H2,1-6H3;1H/t9-,10?,11-,14?;/m1./s1/i15T;1+2T. The fourth-order valence-electron chi connectivity index (χ4n) is 4.85. The highest BCUT2D eigenvalue weighted by molar-refractivity contribution is 5.18. The Morgan fingerprint density at radius 3 is 2.62 bits per heavy atom. The summed E-state index contributed by atoms with van der Waals surface area (Å²) in [4.78, 5) is 0. The van der Waals surface area contributed by atoms with Gasteiger partial charge in [0.2, 0.25) is 1.43 Å². The Balaban J connectivity index is 0.000000861. The molecule has 16 heavy (non-hydrogen) atoms. The molecule has 0 radical (unpaired) electrons. The largest absolute Gasteiger partial charge is 0.390 e. The Kier molecular flexibility index (Phi) is 2.00. The van der Waals surface area contributed by atoms with E-state index >= 15 is 0 Å². The Hall–Kier alpha value is -0.0800. The molecular weight excluding hydrogens is 200 g/mol. The summed E-state index contributed by atoms with van der Waals surface area (Å²) in [5.41, 5.74) is -0.260. The van der Waals surface area contributed by atoms with E-state index in [4.69, 9.17) is 14.2 Å². The zero-order valence-electron chi connectivity index (χ0n) is 14.5. The second-order valence-electron chi connectivity index (χ2n) is 7.10. The van der Waals surface area contributed by atoms with Crippen LogP contribution in [0.3, 0.4) is 0 Å². The van der Waals surface area contributed by atoms with E-state index in [0.29, 0.717) is 11.8 Å². The van der Waals surface area contributed by atoms with Gasteiger partial charge in [-0.1, -0.05) is 20.8 Å². The number of ether oxygens (including phenoxy) is 1. The molecule has 2 bridgehead atoms. The van der Waals surface area contributed by atoms with Gasteiger partial charge in [0, 0.05) is 15.5 Å². The normalized spacial score (nSPS) is 47.6. The summed E-state index contributed by atoms with van der Waals surface area (Å²) in [6, 6.07) is 0. The first-order valence-corrected chi connectivity index (χ1v) is 6.40. The first-order chi connectivity index (χ1) is 8.73. The quantitative estimate of drug-likeness (QED) is 0.813. The van der Waals surface area contributed by atoms with E-state index in [9.17, 15) is 0 Å². The Morgan fingerprint density at radius 2 is 2.12 bits per heavy atom. The Morgan fingerprint density at radius 1 is 1.50 bits per heavy atom. The van der Waals surface area contributed by atoms with Gasteiger partial charge in [-0.2, -0.15) is 0 Å². The smallest absolute Gasteiger partial charge is 0.211 e. The lowest BCUT2D eigenvalue weighted by Crippen LogP contribution is -2.54. The van der Waals surface area contributed by atoms with Gasteiger partial charge >= 0.3 is 0 Å². The van der Waals surface area contributed by atoms with Crippen molar-refractivity contribution in [2.45, 2.75) is 59.2 Å². The number of hydrogen-bond acceptors (Lipinski definition) is 2. The topological polar surface area (TPSA) is 29.5 Å². The van der Waals surface area contributed by atoms with Crippen LogP contribution in [0.5, 0.6) is 0 Å². The predicted molar refractivity (Wildman–Crippen MR) is 67.3 cm³/mol. The fraction of sp³-hybridized carbons (Fsp3) is 1.00. The van der Waals surface area contributed by atoms with Gasteiger partial charge in [0.05, 0.1) is 11.7 Å². The van der Waals surface area contributed by atoms with Crippen molar-refractivity contribution >= 4 is 0 Å². The van der Waals surface area contributed by atoms with Crippen LogP contribution in [-0.2, 0) is 4.74 Å². The van der Waals surface area contributed by atoms with Gasteiger partial charge < -0.3 is 9.85 Å². The molecule has 2 fully saturated rings. The van der Waals surface area contributed by atoms with E-state index in [1.807, 2.05) is 13.8 Å². The predicted octanol–water partition coefficient (Wildman–Crippen LogP) is 3.09. The summed E-state index contributed by atoms with van der Waals surface area (Å²) < 4.78 is 23.3. The minimum atomic E-state index is -0.440. The lowest BCUT2D eigenvalue weighted by Gasteiger charge is -2.50. The molecular formula is C14H28O2. The van der Waals surface area contributed by atoms with Crippen LogP contribution < -0.4 is 0 Å². The summed E-state index contributed by atoms with van der Waals surface area (Å²) in [5.74, 6) is 1.38. The molecule has 2 aliphatic carbocycles. The number of rotatable bonds is 3. The third-order valence-corrected chi connectivity index (χ3v) is 5.53. The maximum atomic E-state index is 7.42. The molecule has 0 saturated heterocycles. The fourth-order valence-corrected chi connectivity index (χ4v) is 4.85. The second-order valence-corrected chi connectivity index (χ2v) is 7.10. The van der Waals surface area contributed by atoms with Crippen LogP contribution in [0.4, 0.5) is 0 Å². The highest BCUT2D eigenvalue weighted by atomic mass is 16.5. The number of aliphatic hydroxyl groups is 1. The van der Waals surface area contributed by atoms with Crippen molar-refractivity contribution in [2.75, 3.05) is 7.11 Å². The van der Waals surface area contributed by atoms with Crippen LogP contribution in [0.1, 0.15) is 50.4 Å². The van der Waals surface area contributed by atoms with E-state index in [0.717, 1.165) is 12.8 Å². The third kappa shape index (κ3) is 1.26. The van der Waals surface area contributed by atoms with Gasteiger partial charge in [-0.05, 0) is 43.9 Å². The molecule has 2 aliphatic rings. The highest BCUT2D eigenvalue weighted by Gasteiger charge is 2.69. The summed E-state index contributed by atoms with van der Waals surface area (Å²) in [6.45, 7) is 11.0. The van der Waals surface area contributed by atoms with E-state index in [2.05, 4.69) is 20.8 Å². The molecule has 1 N–H and O–H groups in total. The minimum absolute atomic E-state index is 0.00289. The Bertz CT molecular complexity index is 320. The molecule has 0 aliphatic heterocycles. The molecule has 0 aromatic heterocycles. The van der Waals surface area contributed by atoms with Crippen LogP contribution in [-0.4, -0.2) is 25.4 Å². The molecule has 2 saturated carbocycles. The van der Waals surface area contributed by atoms with Crippen LogP contribution >= 0.6 is 0 Å². The van der Waals surface area contributed by atoms with Gasteiger partial charge in [0.25, 0.3) is 0 Å². The first kappa shape index (κ1) is 9.90. The van der Waals surface area contributed by atoms with Gasteiger partial charge in [0.1, 0.15) is 0 Å². The van der Waals surface area contributed by atoms with Crippen molar-refractivity contribution in [3.8, 4) is 0 Å². The number of fused-ring (bicyclic) bond motifs is 2. The molecule has 0 heterocycles. The summed E-state index contributed by atoms with van der Waals surface area (Å²) in [7, 11) is 1.81. The molecule has 2 unspecified atom stereocenters. The van der Waals surface area contributed by atoms with Gasteiger partial charge in [-0.3, -0.25) is 0 Å². The van der Waals surface area contributed by atoms with Gasteiger partial charge in [0.15, 0.2) is 0 Å². The molecule has 4 atom stereocenters. The molecule has 2 heteroatoms. The van der Waals surface area contributed by atoms with E-state index in [1.165, 1.54) is 0 Å². The molecule has 0 aromatic carbocycles. The van der Waals surface area contributed by atoms with Crippen molar-refractivity contribution in [3.05, 3.63) is 0 Å². The van der Waals surface area contributed by atoms with Crippen molar-refractivity contribution < 1.29 is 12.8 Å². The van der Waals surface area contributed by atoms with Gasteiger partial charge in [-0.25, -0.2) is 0 Å². The van der Waals surface area contributed by atoms with Crippen LogP contribution in [0.15, 0.2) is 0 Å². The molecule has 0 amide bonds. The first-order valence-electron chi connectivity index (χ1n) is 7.81. The van der Waals surface area contributed by atoms with Gasteiger partial charge in [-0.15, -0.1) is 0 Å². The van der Waals surface area contributed by atoms with Crippen molar-refractivity contribution in [3.63, 3.8) is 0 Å². The summed E-state index contributed by atoms with van der Waals surface area (Å²) in [5, 5.41) is 5.09. The molecule has 96 valence electrons. The molecule has 2 nitrogen and oxygen atoms in total. The molecule has 0 aromatic rings. The summed E-state index contributed by atoms with van der Waals surface area (Å²) in [6.07, 6.45) is 2.44. The Labute approximate surface area is 104 Å². The molecule has 2 rings (SSSR count). The number of hydrogen-bond donors (Lipinski definition) is 1. The van der Waals surface area contributed by atoms with Crippen molar-refractivity contribution in [1.82, 2.24) is 0 Å². The maximum Gasteiger partial charge on any atom is 0.211 e. The van der Waals surface area contributed by atoms with E-state index in [1.54, 1.807) is 7.11 Å². The van der Waals surface area contributed by atoms with E-state index in [-0.39, 0.29) is 16.9 Å². The third-order valence-electron chi connectivity index (χ3n) is 5.53. The number of methoxy groups -OCH3 is 1. The lowest BCUT2D eigenvalue weighted by atomic mass is 9.61. The van der Waals surface area contributed by atoms with E-state index < -0.39 is 5.60 Å². The second kappa shape index (κ2) is 3.23. The zero-order valence-corrected chi connectivity index (χ0v) is 11.5. The van der Waals surface area contributed by atoms with Crippen LogP contribution in [0.25, 0.3) is 0 Å². The lowest BCUT2D eigenvalue weighted by molar-refractivity contribution is -0.161. The monoisotopic (exact) mass is 234 g/mol. The average molecular weight is 234 g/mol. The SMILES string of the molecule is [3H]OC(C)(C)C12CC([C@H](C)C1)C(C)(C)[C@H]2OC.[3H][3H]. The zero-order chi connectivity index (χ0) is 15.1. The minimum Gasteiger partial charge on any atom is -0.390 e. The maximum absolute atomic E-state index is 7.42. The van der Waals surface area contributed by atoms with Crippen molar-refractivity contribution in [2.24, 2.45) is 22.7 Å². The highest BCUT2D eigenvalue weighted by Crippen LogP contribution is 2.69.